The van der Waals surface area contributed by atoms with Gasteiger partial charge in [-0.1, -0.05) is 31.2 Å². The van der Waals surface area contributed by atoms with E-state index < -0.39 is 0 Å². The molecule has 1 N–H and O–H groups in total. The number of benzene rings is 1. The normalized spacial score (nSPS) is 28.5. The number of aliphatic hydroxyl groups is 1. The van der Waals surface area contributed by atoms with Gasteiger partial charge in [0.1, 0.15) is 0 Å². The third-order valence-electron chi connectivity index (χ3n) is 4.14. The van der Waals surface area contributed by atoms with Gasteiger partial charge in [0.15, 0.2) is 0 Å². The second-order valence-electron chi connectivity index (χ2n) is 5.54. The first kappa shape index (κ1) is 12.6. The maximum Gasteiger partial charge on any atom is 0.0948 e. The zero-order valence-corrected chi connectivity index (χ0v) is 11.2. The molecule has 3 atom stereocenters. The fourth-order valence-electron chi connectivity index (χ4n) is 2.83. The van der Waals surface area contributed by atoms with Crippen molar-refractivity contribution in [3.05, 3.63) is 35.4 Å². The summed E-state index contributed by atoms with van der Waals surface area (Å²) in [4.78, 5) is 2.29. The summed E-state index contributed by atoms with van der Waals surface area (Å²) < 4.78 is 0. The number of likely N-dealkylation sites (N-methyl/N-ethyl adjacent to an activating group) is 1. The second-order valence-corrected chi connectivity index (χ2v) is 5.54. The lowest BCUT2D eigenvalue weighted by atomic mass is 9.78. The van der Waals surface area contributed by atoms with Gasteiger partial charge in [-0.2, -0.15) is 0 Å². The van der Waals surface area contributed by atoms with Crippen LogP contribution < -0.4 is 0 Å². The van der Waals surface area contributed by atoms with Crippen molar-refractivity contribution in [1.29, 1.82) is 0 Å². The third kappa shape index (κ3) is 2.24. The van der Waals surface area contributed by atoms with Crippen LogP contribution in [0.25, 0.3) is 0 Å². The molecular formula is C15H23NO. The molecule has 2 nitrogen and oxygen atoms in total. The fraction of sp³-hybridized carbons (Fsp3) is 0.600. The molecular weight excluding hydrogens is 210 g/mol. The molecule has 0 amide bonds. The van der Waals surface area contributed by atoms with Crippen LogP contribution in [0.3, 0.4) is 0 Å². The van der Waals surface area contributed by atoms with Crippen molar-refractivity contribution in [2.45, 2.75) is 51.3 Å². The van der Waals surface area contributed by atoms with Gasteiger partial charge in [0, 0.05) is 12.1 Å². The zero-order valence-electron chi connectivity index (χ0n) is 11.2. The largest absolute Gasteiger partial charge is 0.387 e. The molecule has 2 rings (SSSR count). The number of nitrogens with zero attached hydrogens (tertiary/aromatic N) is 1. The Morgan fingerprint density at radius 3 is 2.41 bits per heavy atom. The number of rotatable bonds is 2. The summed E-state index contributed by atoms with van der Waals surface area (Å²) in [5, 5.41) is 10.5. The molecule has 0 radical (unpaired) electrons. The van der Waals surface area contributed by atoms with Gasteiger partial charge in [-0.25, -0.2) is 0 Å². The van der Waals surface area contributed by atoms with Gasteiger partial charge < -0.3 is 5.11 Å². The molecule has 0 bridgehead atoms. The lowest BCUT2D eigenvalue weighted by Crippen LogP contribution is -2.44. The lowest BCUT2D eigenvalue weighted by Gasteiger charge is -2.41. The summed E-state index contributed by atoms with van der Waals surface area (Å²) in [5.74, 6) is 0.529. The topological polar surface area (TPSA) is 23.5 Å². The molecule has 1 aromatic rings. The molecule has 2 heteroatoms. The van der Waals surface area contributed by atoms with Crippen LogP contribution in [0.5, 0.6) is 0 Å². The van der Waals surface area contributed by atoms with Crippen LogP contribution in [-0.2, 0) is 0 Å². The molecule has 0 heterocycles. The minimum absolute atomic E-state index is 0.236. The molecule has 1 aliphatic rings. The van der Waals surface area contributed by atoms with E-state index in [4.69, 9.17) is 0 Å². The van der Waals surface area contributed by atoms with E-state index in [9.17, 15) is 5.11 Å². The number of aliphatic hydroxyl groups excluding tert-OH is 1. The lowest BCUT2D eigenvalue weighted by molar-refractivity contribution is 0.0303. The molecule has 17 heavy (non-hydrogen) atoms. The maximum absolute atomic E-state index is 10.5. The highest BCUT2D eigenvalue weighted by atomic mass is 16.3. The van der Waals surface area contributed by atoms with Crippen molar-refractivity contribution in [2.75, 3.05) is 7.05 Å². The van der Waals surface area contributed by atoms with E-state index in [1.165, 1.54) is 5.56 Å². The molecule has 94 valence electrons. The Labute approximate surface area is 104 Å². The summed E-state index contributed by atoms with van der Waals surface area (Å²) in [6.45, 7) is 6.61. The quantitative estimate of drug-likeness (QED) is 0.849. The Morgan fingerprint density at radius 1 is 1.24 bits per heavy atom. The summed E-state index contributed by atoms with van der Waals surface area (Å²) in [7, 11) is 2.11. The Bertz CT molecular complexity index is 388. The minimum Gasteiger partial charge on any atom is -0.387 e. The highest BCUT2D eigenvalue weighted by Crippen LogP contribution is 2.39. The Kier molecular flexibility index (Phi) is 3.55. The van der Waals surface area contributed by atoms with Crippen molar-refractivity contribution in [3.8, 4) is 0 Å². The van der Waals surface area contributed by atoms with Crippen molar-refractivity contribution < 1.29 is 5.11 Å². The summed E-state index contributed by atoms with van der Waals surface area (Å²) in [6.07, 6.45) is 0.683. The van der Waals surface area contributed by atoms with Gasteiger partial charge >= 0.3 is 0 Å². The number of hydrogen-bond donors (Lipinski definition) is 1. The zero-order chi connectivity index (χ0) is 12.6. The van der Waals surface area contributed by atoms with E-state index in [1.54, 1.807) is 0 Å². The fourth-order valence-corrected chi connectivity index (χ4v) is 2.83. The Hall–Kier alpha value is -0.860. The Balaban J connectivity index is 2.32. The monoisotopic (exact) mass is 233 g/mol. The van der Waals surface area contributed by atoms with E-state index in [1.807, 2.05) is 6.07 Å². The molecule has 0 aliphatic heterocycles. The molecule has 3 unspecified atom stereocenters. The van der Waals surface area contributed by atoms with Crippen molar-refractivity contribution in [2.24, 2.45) is 0 Å². The van der Waals surface area contributed by atoms with Crippen LogP contribution >= 0.6 is 0 Å². The Morgan fingerprint density at radius 2 is 1.82 bits per heavy atom. The summed E-state index contributed by atoms with van der Waals surface area (Å²) in [5.41, 5.74) is 2.43. The van der Waals surface area contributed by atoms with E-state index in [2.05, 4.69) is 50.9 Å². The van der Waals surface area contributed by atoms with Crippen LogP contribution in [0.15, 0.2) is 24.3 Å². The molecule has 0 aromatic heterocycles. The van der Waals surface area contributed by atoms with Gasteiger partial charge in [-0.05, 0) is 44.4 Å². The van der Waals surface area contributed by atoms with E-state index in [-0.39, 0.29) is 12.1 Å². The van der Waals surface area contributed by atoms with Gasteiger partial charge in [-0.3, -0.25) is 4.90 Å². The highest BCUT2D eigenvalue weighted by molar-refractivity contribution is 5.35. The summed E-state index contributed by atoms with van der Waals surface area (Å²) in [6, 6.07) is 9.00. The van der Waals surface area contributed by atoms with Gasteiger partial charge in [-0.15, -0.1) is 0 Å². The first-order chi connectivity index (χ1) is 8.02. The van der Waals surface area contributed by atoms with Crippen LogP contribution in [0, 0.1) is 0 Å². The second kappa shape index (κ2) is 4.79. The predicted octanol–water partition coefficient (Wildman–Crippen LogP) is 2.94. The van der Waals surface area contributed by atoms with Crippen molar-refractivity contribution in [1.82, 2.24) is 4.90 Å². The average molecular weight is 233 g/mol. The summed E-state index contributed by atoms with van der Waals surface area (Å²) >= 11 is 0. The molecule has 0 fully saturated rings. The SMILES string of the molecule is CC1CC(N(C)C(C)C)C(O)c2ccccc21. The maximum atomic E-state index is 10.5. The number of fused-ring (bicyclic) bond motifs is 1. The smallest absolute Gasteiger partial charge is 0.0948 e. The molecule has 1 aromatic carbocycles. The molecule has 0 saturated carbocycles. The van der Waals surface area contributed by atoms with E-state index in [0.29, 0.717) is 12.0 Å². The van der Waals surface area contributed by atoms with Gasteiger partial charge in [0.2, 0.25) is 0 Å². The van der Waals surface area contributed by atoms with Gasteiger partial charge in [0.25, 0.3) is 0 Å². The van der Waals surface area contributed by atoms with Crippen molar-refractivity contribution >= 4 is 0 Å². The molecule has 0 spiro atoms. The highest BCUT2D eigenvalue weighted by Gasteiger charge is 2.34. The third-order valence-corrected chi connectivity index (χ3v) is 4.14. The predicted molar refractivity (Wildman–Crippen MR) is 71.1 cm³/mol. The standard InChI is InChI=1S/C15H23NO/c1-10(2)16(4)14-9-11(3)12-7-5-6-8-13(12)15(14)17/h5-8,10-11,14-15,17H,9H2,1-4H3. The van der Waals surface area contributed by atoms with Crippen LogP contribution in [0.2, 0.25) is 0 Å². The van der Waals surface area contributed by atoms with Gasteiger partial charge in [0.05, 0.1) is 6.10 Å². The number of hydrogen-bond acceptors (Lipinski definition) is 2. The average Bonchev–Trinajstić information content (AvgIpc) is 2.33. The van der Waals surface area contributed by atoms with E-state index in [0.717, 1.165) is 12.0 Å². The first-order valence-corrected chi connectivity index (χ1v) is 6.51. The van der Waals surface area contributed by atoms with Crippen LogP contribution in [0.4, 0.5) is 0 Å². The minimum atomic E-state index is -0.352. The molecule has 0 saturated heterocycles. The van der Waals surface area contributed by atoms with Crippen LogP contribution in [0.1, 0.15) is 50.3 Å². The van der Waals surface area contributed by atoms with E-state index >= 15 is 0 Å². The molecule has 1 aliphatic carbocycles. The van der Waals surface area contributed by atoms with Crippen LogP contribution in [-0.4, -0.2) is 29.1 Å². The first-order valence-electron chi connectivity index (χ1n) is 6.51. The van der Waals surface area contributed by atoms with Crippen molar-refractivity contribution in [3.63, 3.8) is 0 Å².